The molecule has 0 aliphatic rings. The van der Waals surface area contributed by atoms with E-state index in [9.17, 15) is 4.79 Å². The van der Waals surface area contributed by atoms with E-state index >= 15 is 0 Å². The predicted molar refractivity (Wildman–Crippen MR) is 108 cm³/mol. The highest BCUT2D eigenvalue weighted by Gasteiger charge is 2.19. The molecule has 0 saturated heterocycles. The number of hydrogen-bond acceptors (Lipinski definition) is 1. The van der Waals surface area contributed by atoms with Crippen molar-refractivity contribution < 1.29 is 9.69 Å². The Morgan fingerprint density at radius 3 is 1.85 bits per heavy atom. The van der Waals surface area contributed by atoms with Crippen LogP contribution >= 0.6 is 0 Å². The molecule has 2 rings (SSSR count). The number of nitrogens with one attached hydrogen (secondary N) is 2. The summed E-state index contributed by atoms with van der Waals surface area (Å²) in [5, 5.41) is 3.17. The topological polar surface area (TPSA) is 33.5 Å². The van der Waals surface area contributed by atoms with E-state index in [0.717, 1.165) is 45.4 Å². The van der Waals surface area contributed by atoms with Gasteiger partial charge in [0.05, 0.1) is 19.6 Å². The van der Waals surface area contributed by atoms with E-state index in [0.29, 0.717) is 0 Å². The van der Waals surface area contributed by atoms with Crippen molar-refractivity contribution in [2.24, 2.45) is 5.92 Å². The monoisotopic (exact) mass is 353 g/mol. The number of benzene rings is 2. The Bertz CT molecular complexity index is 582. The molecule has 1 amide bonds. The first-order valence-corrected chi connectivity index (χ1v) is 9.92. The zero-order valence-corrected chi connectivity index (χ0v) is 16.2. The predicted octanol–water partition coefficient (Wildman–Crippen LogP) is 2.52. The molecule has 0 aliphatic heterocycles. The highest BCUT2D eigenvalue weighted by Crippen LogP contribution is 2.15. The number of rotatable bonds is 11. The number of carbonyl (C=O) groups excluding carboxylic acids is 1. The lowest BCUT2D eigenvalue weighted by molar-refractivity contribution is -0.896. The molecular formula is C23H33N2O+. The molecule has 0 heterocycles. The minimum absolute atomic E-state index is 0.0272. The molecule has 2 aromatic rings. The Morgan fingerprint density at radius 2 is 1.38 bits per heavy atom. The molecule has 2 aromatic carbocycles. The van der Waals surface area contributed by atoms with Gasteiger partial charge in [-0.3, -0.25) is 4.79 Å². The SMILES string of the molecule is CC[NH+](CC)CCCNC(=O)C(Cc1ccccc1)Cc1ccccc1. The van der Waals surface area contributed by atoms with Crippen LogP contribution in [-0.2, 0) is 17.6 Å². The van der Waals surface area contributed by atoms with E-state index < -0.39 is 0 Å². The van der Waals surface area contributed by atoms with Crippen LogP contribution < -0.4 is 10.2 Å². The highest BCUT2D eigenvalue weighted by molar-refractivity contribution is 5.79. The van der Waals surface area contributed by atoms with Crippen molar-refractivity contribution in [2.45, 2.75) is 33.1 Å². The molecule has 0 saturated carbocycles. The summed E-state index contributed by atoms with van der Waals surface area (Å²) in [5.41, 5.74) is 2.44. The zero-order valence-electron chi connectivity index (χ0n) is 16.2. The smallest absolute Gasteiger partial charge is 0.223 e. The third-order valence-corrected chi connectivity index (χ3v) is 5.03. The summed E-state index contributed by atoms with van der Waals surface area (Å²) in [6.07, 6.45) is 2.60. The van der Waals surface area contributed by atoms with Crippen molar-refractivity contribution in [3.8, 4) is 0 Å². The van der Waals surface area contributed by atoms with Crippen molar-refractivity contribution in [3.05, 3.63) is 71.8 Å². The lowest BCUT2D eigenvalue weighted by Gasteiger charge is -2.18. The van der Waals surface area contributed by atoms with Crippen molar-refractivity contribution in [1.29, 1.82) is 0 Å². The van der Waals surface area contributed by atoms with Crippen LogP contribution in [0.1, 0.15) is 31.4 Å². The van der Waals surface area contributed by atoms with Gasteiger partial charge in [0.15, 0.2) is 0 Å². The van der Waals surface area contributed by atoms with E-state index in [1.54, 1.807) is 4.90 Å². The van der Waals surface area contributed by atoms with Crippen molar-refractivity contribution >= 4 is 5.91 Å². The number of quaternary nitrogens is 1. The maximum Gasteiger partial charge on any atom is 0.223 e. The summed E-state index contributed by atoms with van der Waals surface area (Å²) in [5.74, 6) is 0.146. The van der Waals surface area contributed by atoms with Gasteiger partial charge in [0.1, 0.15) is 0 Å². The Balaban J connectivity index is 1.92. The minimum atomic E-state index is -0.0272. The highest BCUT2D eigenvalue weighted by atomic mass is 16.1. The first-order valence-electron chi connectivity index (χ1n) is 9.92. The Morgan fingerprint density at radius 1 is 0.885 bits per heavy atom. The summed E-state index contributed by atoms with van der Waals surface area (Å²) in [6, 6.07) is 20.6. The fourth-order valence-corrected chi connectivity index (χ4v) is 3.35. The van der Waals surface area contributed by atoms with Gasteiger partial charge in [-0.2, -0.15) is 0 Å². The van der Waals surface area contributed by atoms with Crippen LogP contribution in [0, 0.1) is 5.92 Å². The lowest BCUT2D eigenvalue weighted by Crippen LogP contribution is -3.11. The average Bonchev–Trinajstić information content (AvgIpc) is 2.69. The fraction of sp³-hybridized carbons (Fsp3) is 0.435. The molecule has 3 heteroatoms. The van der Waals surface area contributed by atoms with Crippen LogP contribution in [0.15, 0.2) is 60.7 Å². The second-order valence-electron chi connectivity index (χ2n) is 6.93. The van der Waals surface area contributed by atoms with Crippen LogP contribution in [0.25, 0.3) is 0 Å². The molecule has 0 aromatic heterocycles. The fourth-order valence-electron chi connectivity index (χ4n) is 3.35. The van der Waals surface area contributed by atoms with E-state index in [2.05, 4.69) is 43.4 Å². The first kappa shape index (κ1) is 20.2. The molecule has 2 N–H and O–H groups in total. The van der Waals surface area contributed by atoms with Crippen LogP contribution in [0.5, 0.6) is 0 Å². The third-order valence-electron chi connectivity index (χ3n) is 5.03. The summed E-state index contributed by atoms with van der Waals surface area (Å²) in [7, 11) is 0. The van der Waals surface area contributed by atoms with Crippen molar-refractivity contribution in [3.63, 3.8) is 0 Å². The number of hydrogen-bond donors (Lipinski definition) is 2. The quantitative estimate of drug-likeness (QED) is 0.598. The van der Waals surface area contributed by atoms with E-state index in [1.807, 2.05) is 36.4 Å². The molecule has 140 valence electrons. The van der Waals surface area contributed by atoms with Gasteiger partial charge in [-0.15, -0.1) is 0 Å². The van der Waals surface area contributed by atoms with Crippen LogP contribution in [0.2, 0.25) is 0 Å². The maximum absolute atomic E-state index is 12.8. The third kappa shape index (κ3) is 7.01. The Labute approximate surface area is 158 Å². The number of amides is 1. The maximum atomic E-state index is 12.8. The van der Waals surface area contributed by atoms with Gasteiger partial charge in [-0.05, 0) is 37.8 Å². The summed E-state index contributed by atoms with van der Waals surface area (Å²) in [4.78, 5) is 14.4. The first-order chi connectivity index (χ1) is 12.7. The average molecular weight is 354 g/mol. The second-order valence-corrected chi connectivity index (χ2v) is 6.93. The molecule has 0 aliphatic carbocycles. The molecular weight excluding hydrogens is 320 g/mol. The molecule has 0 spiro atoms. The summed E-state index contributed by atoms with van der Waals surface area (Å²) < 4.78 is 0. The Kier molecular flexibility index (Phi) is 8.91. The van der Waals surface area contributed by atoms with E-state index in [4.69, 9.17) is 0 Å². The van der Waals surface area contributed by atoms with Crippen LogP contribution in [0.3, 0.4) is 0 Å². The van der Waals surface area contributed by atoms with Crippen molar-refractivity contribution in [2.75, 3.05) is 26.2 Å². The van der Waals surface area contributed by atoms with Gasteiger partial charge in [-0.1, -0.05) is 60.7 Å². The van der Waals surface area contributed by atoms with Gasteiger partial charge in [0, 0.05) is 18.9 Å². The van der Waals surface area contributed by atoms with Gasteiger partial charge >= 0.3 is 0 Å². The Hall–Kier alpha value is -2.13. The molecule has 0 fully saturated rings. The largest absolute Gasteiger partial charge is 0.356 e. The normalized spacial score (nSPS) is 11.1. The van der Waals surface area contributed by atoms with Gasteiger partial charge < -0.3 is 10.2 Å². The summed E-state index contributed by atoms with van der Waals surface area (Å²) >= 11 is 0. The van der Waals surface area contributed by atoms with E-state index in [-0.39, 0.29) is 11.8 Å². The zero-order chi connectivity index (χ0) is 18.6. The van der Waals surface area contributed by atoms with Crippen LogP contribution in [0.4, 0.5) is 0 Å². The minimum Gasteiger partial charge on any atom is -0.356 e. The van der Waals surface area contributed by atoms with Crippen LogP contribution in [-0.4, -0.2) is 32.1 Å². The summed E-state index contributed by atoms with van der Waals surface area (Å²) in [6.45, 7) is 8.61. The standard InChI is InChI=1S/C23H32N2O/c1-3-25(4-2)17-11-16-24-23(26)22(18-20-12-7-5-8-13-20)19-21-14-9-6-10-15-21/h5-10,12-15,22H,3-4,11,16-19H2,1-2H3,(H,24,26)/p+1. The molecule has 0 atom stereocenters. The molecule has 26 heavy (non-hydrogen) atoms. The van der Waals surface area contributed by atoms with E-state index in [1.165, 1.54) is 11.1 Å². The molecule has 0 unspecified atom stereocenters. The molecule has 0 bridgehead atoms. The lowest BCUT2D eigenvalue weighted by atomic mass is 9.91. The molecule has 3 nitrogen and oxygen atoms in total. The number of carbonyl (C=O) groups is 1. The van der Waals surface area contributed by atoms with Crippen molar-refractivity contribution in [1.82, 2.24) is 5.32 Å². The molecule has 0 radical (unpaired) electrons. The van der Waals surface area contributed by atoms with Gasteiger partial charge in [0.25, 0.3) is 0 Å². The second kappa shape index (κ2) is 11.5. The van der Waals surface area contributed by atoms with Gasteiger partial charge in [-0.25, -0.2) is 0 Å². The van der Waals surface area contributed by atoms with Gasteiger partial charge in [0.2, 0.25) is 5.91 Å².